The molecule has 0 spiro atoms. The molecule has 3 N–H and O–H groups in total. The van der Waals surface area contributed by atoms with Gasteiger partial charge >= 0.3 is 0 Å². The lowest BCUT2D eigenvalue weighted by Gasteiger charge is -2.25. The van der Waals surface area contributed by atoms with E-state index in [9.17, 15) is 4.79 Å². The van der Waals surface area contributed by atoms with Gasteiger partial charge in [0.05, 0.1) is 18.6 Å². The zero-order valence-electron chi connectivity index (χ0n) is 12.5. The zero-order valence-corrected chi connectivity index (χ0v) is 12.5. The highest BCUT2D eigenvalue weighted by Crippen LogP contribution is 2.12. The van der Waals surface area contributed by atoms with Crippen molar-refractivity contribution in [3.05, 3.63) is 0 Å². The van der Waals surface area contributed by atoms with Crippen molar-refractivity contribution in [3.63, 3.8) is 0 Å². The monoisotopic (exact) mass is 258 g/mol. The Bertz CT molecular complexity index is 230. The fourth-order valence-corrected chi connectivity index (χ4v) is 1.83. The number of amides is 1. The van der Waals surface area contributed by atoms with Gasteiger partial charge in [-0.3, -0.25) is 4.79 Å². The minimum Gasteiger partial charge on any atom is -0.380 e. The standard InChI is InChI=1S/C14H30N2O2/c1-6-18-9-13(11(4)5)16-14(17)12(8-15)7-10(2)3/h10-13H,6-9,15H2,1-5H3,(H,16,17). The van der Waals surface area contributed by atoms with E-state index in [1.165, 1.54) is 0 Å². The average molecular weight is 258 g/mol. The van der Waals surface area contributed by atoms with Crippen LogP contribution in [-0.2, 0) is 9.53 Å². The van der Waals surface area contributed by atoms with Crippen LogP contribution in [0.5, 0.6) is 0 Å². The first kappa shape index (κ1) is 17.4. The molecule has 0 rings (SSSR count). The summed E-state index contributed by atoms with van der Waals surface area (Å²) in [5.74, 6) is 0.809. The zero-order chi connectivity index (χ0) is 14.1. The van der Waals surface area contributed by atoms with Crippen molar-refractivity contribution in [2.75, 3.05) is 19.8 Å². The molecular weight excluding hydrogens is 228 g/mol. The third-order valence-corrected chi connectivity index (χ3v) is 3.05. The van der Waals surface area contributed by atoms with Gasteiger partial charge in [0.2, 0.25) is 5.91 Å². The van der Waals surface area contributed by atoms with Crippen molar-refractivity contribution in [1.82, 2.24) is 5.32 Å². The summed E-state index contributed by atoms with van der Waals surface area (Å²) in [5, 5.41) is 3.06. The lowest BCUT2D eigenvalue weighted by molar-refractivity contribution is -0.126. The first-order valence-electron chi connectivity index (χ1n) is 7.00. The first-order chi connectivity index (χ1) is 8.42. The predicted octanol–water partition coefficient (Wildman–Crippen LogP) is 1.78. The van der Waals surface area contributed by atoms with Gasteiger partial charge in [0.25, 0.3) is 0 Å². The number of ether oxygens (including phenoxy) is 1. The molecule has 108 valence electrons. The van der Waals surface area contributed by atoms with E-state index in [2.05, 4.69) is 33.0 Å². The van der Waals surface area contributed by atoms with E-state index in [1.807, 2.05) is 6.92 Å². The van der Waals surface area contributed by atoms with Gasteiger partial charge in [0, 0.05) is 13.2 Å². The second-order valence-corrected chi connectivity index (χ2v) is 5.58. The summed E-state index contributed by atoms with van der Waals surface area (Å²) < 4.78 is 5.41. The van der Waals surface area contributed by atoms with Crippen LogP contribution in [0.3, 0.4) is 0 Å². The molecule has 0 radical (unpaired) electrons. The Labute approximate surface area is 112 Å². The van der Waals surface area contributed by atoms with E-state index in [0.29, 0.717) is 31.6 Å². The van der Waals surface area contributed by atoms with Crippen molar-refractivity contribution < 1.29 is 9.53 Å². The fourth-order valence-electron chi connectivity index (χ4n) is 1.83. The van der Waals surface area contributed by atoms with E-state index in [-0.39, 0.29) is 17.9 Å². The van der Waals surface area contributed by atoms with E-state index in [1.54, 1.807) is 0 Å². The number of rotatable bonds is 9. The molecule has 0 aromatic rings. The van der Waals surface area contributed by atoms with Crippen LogP contribution in [0.15, 0.2) is 0 Å². The molecule has 0 aliphatic heterocycles. The SMILES string of the molecule is CCOCC(NC(=O)C(CN)CC(C)C)C(C)C. The van der Waals surface area contributed by atoms with Crippen LogP contribution in [-0.4, -0.2) is 31.7 Å². The van der Waals surface area contributed by atoms with E-state index in [4.69, 9.17) is 10.5 Å². The molecule has 0 aliphatic carbocycles. The summed E-state index contributed by atoms with van der Waals surface area (Å²) >= 11 is 0. The van der Waals surface area contributed by atoms with Crippen LogP contribution in [0.1, 0.15) is 41.0 Å². The van der Waals surface area contributed by atoms with E-state index >= 15 is 0 Å². The Hall–Kier alpha value is -0.610. The van der Waals surface area contributed by atoms with Crippen molar-refractivity contribution in [3.8, 4) is 0 Å². The van der Waals surface area contributed by atoms with Crippen LogP contribution in [0.2, 0.25) is 0 Å². The maximum atomic E-state index is 12.1. The highest BCUT2D eigenvalue weighted by atomic mass is 16.5. The van der Waals surface area contributed by atoms with Gasteiger partial charge in [-0.1, -0.05) is 27.7 Å². The summed E-state index contributed by atoms with van der Waals surface area (Å²) in [6.07, 6.45) is 0.835. The summed E-state index contributed by atoms with van der Waals surface area (Å²) in [5.41, 5.74) is 5.68. The second kappa shape index (κ2) is 9.34. The molecule has 4 nitrogen and oxygen atoms in total. The third-order valence-electron chi connectivity index (χ3n) is 3.05. The van der Waals surface area contributed by atoms with Gasteiger partial charge in [0.1, 0.15) is 0 Å². The molecule has 0 saturated heterocycles. The molecule has 2 unspecified atom stereocenters. The average Bonchev–Trinajstić information content (AvgIpc) is 2.30. The Morgan fingerprint density at radius 3 is 2.28 bits per heavy atom. The largest absolute Gasteiger partial charge is 0.380 e. The molecule has 18 heavy (non-hydrogen) atoms. The van der Waals surface area contributed by atoms with Gasteiger partial charge < -0.3 is 15.8 Å². The van der Waals surface area contributed by atoms with Crippen LogP contribution >= 0.6 is 0 Å². The van der Waals surface area contributed by atoms with Crippen LogP contribution < -0.4 is 11.1 Å². The van der Waals surface area contributed by atoms with Gasteiger partial charge in [-0.15, -0.1) is 0 Å². The topological polar surface area (TPSA) is 64.3 Å². The molecule has 0 bridgehead atoms. The van der Waals surface area contributed by atoms with Crippen molar-refractivity contribution in [2.45, 2.75) is 47.1 Å². The molecule has 0 aromatic carbocycles. The molecule has 0 fully saturated rings. The van der Waals surface area contributed by atoms with Gasteiger partial charge in [-0.2, -0.15) is 0 Å². The quantitative estimate of drug-likeness (QED) is 0.662. The Morgan fingerprint density at radius 1 is 1.28 bits per heavy atom. The highest BCUT2D eigenvalue weighted by molar-refractivity contribution is 5.79. The number of carbonyl (C=O) groups excluding carboxylic acids is 1. The normalized spacial score (nSPS) is 14.9. The van der Waals surface area contributed by atoms with E-state index in [0.717, 1.165) is 6.42 Å². The smallest absolute Gasteiger partial charge is 0.224 e. The molecule has 2 atom stereocenters. The summed E-state index contributed by atoms with van der Waals surface area (Å²) in [4.78, 5) is 12.1. The first-order valence-corrected chi connectivity index (χ1v) is 7.00. The summed E-state index contributed by atoms with van der Waals surface area (Å²) in [6, 6.07) is 0.0682. The lowest BCUT2D eigenvalue weighted by Crippen LogP contribution is -2.46. The molecular formula is C14H30N2O2. The Morgan fingerprint density at radius 2 is 1.89 bits per heavy atom. The minimum atomic E-state index is -0.0899. The van der Waals surface area contributed by atoms with Crippen molar-refractivity contribution in [1.29, 1.82) is 0 Å². The summed E-state index contributed by atoms with van der Waals surface area (Å²) in [7, 11) is 0. The van der Waals surface area contributed by atoms with Crippen molar-refractivity contribution in [2.24, 2.45) is 23.5 Å². The van der Waals surface area contributed by atoms with Gasteiger partial charge in [-0.05, 0) is 25.2 Å². The van der Waals surface area contributed by atoms with Crippen LogP contribution in [0, 0.1) is 17.8 Å². The molecule has 1 amide bonds. The van der Waals surface area contributed by atoms with Gasteiger partial charge in [0.15, 0.2) is 0 Å². The van der Waals surface area contributed by atoms with Crippen LogP contribution in [0.25, 0.3) is 0 Å². The van der Waals surface area contributed by atoms with Gasteiger partial charge in [-0.25, -0.2) is 0 Å². The maximum absolute atomic E-state index is 12.1. The van der Waals surface area contributed by atoms with Crippen molar-refractivity contribution >= 4 is 5.91 Å². The Balaban J connectivity index is 4.36. The van der Waals surface area contributed by atoms with E-state index < -0.39 is 0 Å². The molecule has 4 heteroatoms. The molecule has 0 aromatic heterocycles. The number of hydrogen-bond donors (Lipinski definition) is 2. The third kappa shape index (κ3) is 6.97. The second-order valence-electron chi connectivity index (χ2n) is 5.58. The number of carbonyl (C=O) groups is 1. The lowest BCUT2D eigenvalue weighted by atomic mass is 9.95. The maximum Gasteiger partial charge on any atom is 0.224 e. The molecule has 0 heterocycles. The molecule has 0 saturated carbocycles. The number of nitrogens with two attached hydrogens (primary N) is 1. The highest BCUT2D eigenvalue weighted by Gasteiger charge is 2.22. The Kier molecular flexibility index (Phi) is 9.02. The minimum absolute atomic E-state index is 0.0598. The number of nitrogens with one attached hydrogen (secondary N) is 1. The number of hydrogen-bond acceptors (Lipinski definition) is 3. The predicted molar refractivity (Wildman–Crippen MR) is 75.3 cm³/mol. The fraction of sp³-hybridized carbons (Fsp3) is 0.929. The summed E-state index contributed by atoms with van der Waals surface area (Å²) in [6.45, 7) is 12.0. The molecule has 0 aliphatic rings. The van der Waals surface area contributed by atoms with Crippen LogP contribution in [0.4, 0.5) is 0 Å².